The van der Waals surface area contributed by atoms with E-state index in [-0.39, 0.29) is 11.9 Å². The monoisotopic (exact) mass is 375 g/mol. The van der Waals surface area contributed by atoms with Crippen LogP contribution in [0.25, 0.3) is 0 Å². The predicted octanol–water partition coefficient (Wildman–Crippen LogP) is 2.33. The lowest BCUT2D eigenvalue weighted by molar-refractivity contribution is -0.122. The minimum absolute atomic E-state index is 0.181. The van der Waals surface area contributed by atoms with Gasteiger partial charge in [-0.15, -0.1) is 0 Å². The van der Waals surface area contributed by atoms with Crippen molar-refractivity contribution in [3.8, 4) is 0 Å². The van der Waals surface area contributed by atoms with Crippen LogP contribution in [0, 0.1) is 3.57 Å². The fourth-order valence-electron chi connectivity index (χ4n) is 1.36. The van der Waals surface area contributed by atoms with Gasteiger partial charge in [-0.1, -0.05) is 6.92 Å². The quantitative estimate of drug-likeness (QED) is 0.692. The number of urea groups is 1. The van der Waals surface area contributed by atoms with Crippen LogP contribution in [0.5, 0.6) is 0 Å². The Balaban J connectivity index is 2.42. The third kappa shape index (κ3) is 5.91. The molecule has 0 aliphatic heterocycles. The zero-order chi connectivity index (χ0) is 14.3. The summed E-state index contributed by atoms with van der Waals surface area (Å²) < 4.78 is 1.09. The number of benzene rings is 1. The smallest absolute Gasteiger partial charge is 0.319 e. The van der Waals surface area contributed by atoms with Crippen molar-refractivity contribution in [3.63, 3.8) is 0 Å². The Morgan fingerprint density at radius 3 is 2.47 bits per heavy atom. The summed E-state index contributed by atoms with van der Waals surface area (Å²) in [4.78, 5) is 23.3. The van der Waals surface area contributed by atoms with Gasteiger partial charge in [0.2, 0.25) is 5.91 Å². The largest absolute Gasteiger partial charge is 0.354 e. The fourth-order valence-corrected chi connectivity index (χ4v) is 1.72. The van der Waals surface area contributed by atoms with Crippen molar-refractivity contribution < 1.29 is 9.59 Å². The van der Waals surface area contributed by atoms with Crippen LogP contribution < -0.4 is 16.0 Å². The molecular formula is C13H18IN3O2. The summed E-state index contributed by atoms with van der Waals surface area (Å²) in [5, 5.41) is 7.99. The molecule has 0 radical (unpaired) electrons. The number of hydrogen-bond donors (Lipinski definition) is 3. The first-order chi connectivity index (χ1) is 9.02. The summed E-state index contributed by atoms with van der Waals surface area (Å²) in [5.41, 5.74) is 0.694. The maximum atomic E-state index is 11.7. The molecular weight excluding hydrogens is 357 g/mol. The van der Waals surface area contributed by atoms with E-state index < -0.39 is 6.04 Å². The first kappa shape index (κ1) is 15.7. The molecule has 104 valence electrons. The summed E-state index contributed by atoms with van der Waals surface area (Å²) in [6, 6.07) is 6.46. The topological polar surface area (TPSA) is 70.2 Å². The molecule has 0 saturated heterocycles. The molecule has 0 aromatic heterocycles. The van der Waals surface area contributed by atoms with Gasteiger partial charge >= 0.3 is 6.03 Å². The van der Waals surface area contributed by atoms with Gasteiger partial charge in [0.15, 0.2) is 0 Å². The Morgan fingerprint density at radius 2 is 1.89 bits per heavy atom. The van der Waals surface area contributed by atoms with E-state index in [0.29, 0.717) is 12.2 Å². The van der Waals surface area contributed by atoms with Crippen LogP contribution in [-0.2, 0) is 4.79 Å². The molecule has 0 spiro atoms. The molecule has 19 heavy (non-hydrogen) atoms. The lowest BCUT2D eigenvalue weighted by Crippen LogP contribution is -2.46. The first-order valence-electron chi connectivity index (χ1n) is 6.13. The van der Waals surface area contributed by atoms with Crippen LogP contribution in [0.3, 0.4) is 0 Å². The van der Waals surface area contributed by atoms with E-state index in [0.717, 1.165) is 9.99 Å². The molecule has 5 nitrogen and oxygen atoms in total. The number of amides is 3. The standard InChI is InChI=1S/C13H18IN3O2/c1-3-8-15-12(18)9(2)16-13(19)17-11-6-4-10(14)5-7-11/h4-7,9H,3,8H2,1-2H3,(H,15,18)(H2,16,17,19). The number of halogens is 1. The Morgan fingerprint density at radius 1 is 1.26 bits per heavy atom. The lowest BCUT2D eigenvalue weighted by Gasteiger charge is -2.14. The molecule has 1 atom stereocenters. The number of rotatable bonds is 5. The second kappa shape index (κ2) is 7.98. The second-order valence-corrected chi connectivity index (χ2v) is 5.36. The summed E-state index contributed by atoms with van der Waals surface area (Å²) in [7, 11) is 0. The highest BCUT2D eigenvalue weighted by Gasteiger charge is 2.14. The van der Waals surface area contributed by atoms with Crippen LogP contribution in [0.1, 0.15) is 20.3 Å². The van der Waals surface area contributed by atoms with Crippen molar-refractivity contribution in [1.82, 2.24) is 10.6 Å². The van der Waals surface area contributed by atoms with Gasteiger partial charge in [-0.2, -0.15) is 0 Å². The SMILES string of the molecule is CCCNC(=O)C(C)NC(=O)Nc1ccc(I)cc1. The number of hydrogen-bond acceptors (Lipinski definition) is 2. The van der Waals surface area contributed by atoms with Crippen molar-refractivity contribution in [2.75, 3.05) is 11.9 Å². The minimum Gasteiger partial charge on any atom is -0.354 e. The van der Waals surface area contributed by atoms with Crippen molar-refractivity contribution in [3.05, 3.63) is 27.8 Å². The lowest BCUT2D eigenvalue weighted by atomic mass is 10.3. The van der Waals surface area contributed by atoms with Crippen LogP contribution >= 0.6 is 22.6 Å². The van der Waals surface area contributed by atoms with Crippen molar-refractivity contribution in [2.45, 2.75) is 26.3 Å². The average Bonchev–Trinajstić information content (AvgIpc) is 2.38. The van der Waals surface area contributed by atoms with Gasteiger partial charge in [0.1, 0.15) is 6.04 Å². The van der Waals surface area contributed by atoms with E-state index in [1.165, 1.54) is 0 Å². The van der Waals surface area contributed by atoms with Crippen LogP contribution in [0.4, 0.5) is 10.5 Å². The number of anilines is 1. The third-order valence-corrected chi connectivity index (χ3v) is 3.11. The number of nitrogens with one attached hydrogen (secondary N) is 3. The molecule has 0 fully saturated rings. The molecule has 1 aromatic rings. The van der Waals surface area contributed by atoms with Crippen LogP contribution in [0.2, 0.25) is 0 Å². The maximum Gasteiger partial charge on any atom is 0.319 e. The van der Waals surface area contributed by atoms with E-state index in [4.69, 9.17) is 0 Å². The van der Waals surface area contributed by atoms with Gasteiger partial charge in [0.25, 0.3) is 0 Å². The van der Waals surface area contributed by atoms with Crippen molar-refractivity contribution >= 4 is 40.2 Å². The predicted molar refractivity (Wildman–Crippen MR) is 84.1 cm³/mol. The molecule has 1 unspecified atom stereocenters. The maximum absolute atomic E-state index is 11.7. The number of carbonyl (C=O) groups is 2. The molecule has 1 rings (SSSR count). The summed E-state index contributed by atoms with van der Waals surface area (Å²) in [6.45, 7) is 4.24. The normalized spacial score (nSPS) is 11.5. The molecule has 0 saturated carbocycles. The highest BCUT2D eigenvalue weighted by molar-refractivity contribution is 14.1. The highest BCUT2D eigenvalue weighted by Crippen LogP contribution is 2.10. The van der Waals surface area contributed by atoms with Crippen molar-refractivity contribution in [1.29, 1.82) is 0 Å². The fraction of sp³-hybridized carbons (Fsp3) is 0.385. The van der Waals surface area contributed by atoms with Gasteiger partial charge in [0, 0.05) is 15.8 Å². The van der Waals surface area contributed by atoms with Gasteiger partial charge in [-0.3, -0.25) is 4.79 Å². The summed E-state index contributed by atoms with van der Waals surface area (Å²) in [5.74, 6) is -0.181. The zero-order valence-corrected chi connectivity index (χ0v) is 13.2. The highest BCUT2D eigenvalue weighted by atomic mass is 127. The van der Waals surface area contributed by atoms with Gasteiger partial charge in [-0.05, 0) is 60.2 Å². The summed E-state index contributed by atoms with van der Waals surface area (Å²) in [6.07, 6.45) is 0.868. The Kier molecular flexibility index (Phi) is 6.61. The zero-order valence-electron chi connectivity index (χ0n) is 11.0. The van der Waals surface area contributed by atoms with Gasteiger partial charge in [0.05, 0.1) is 0 Å². The van der Waals surface area contributed by atoms with E-state index >= 15 is 0 Å². The molecule has 0 aliphatic rings. The molecule has 0 bridgehead atoms. The van der Waals surface area contributed by atoms with Gasteiger partial charge < -0.3 is 16.0 Å². The molecule has 0 aliphatic carbocycles. The van der Waals surface area contributed by atoms with Crippen molar-refractivity contribution in [2.24, 2.45) is 0 Å². The second-order valence-electron chi connectivity index (χ2n) is 4.12. The first-order valence-corrected chi connectivity index (χ1v) is 7.21. The third-order valence-electron chi connectivity index (χ3n) is 2.39. The Bertz CT molecular complexity index is 434. The van der Waals surface area contributed by atoms with E-state index in [1.54, 1.807) is 6.92 Å². The molecule has 3 amide bonds. The molecule has 0 heterocycles. The number of carbonyl (C=O) groups excluding carboxylic acids is 2. The van der Waals surface area contributed by atoms with E-state index in [1.807, 2.05) is 31.2 Å². The van der Waals surface area contributed by atoms with E-state index in [2.05, 4.69) is 38.5 Å². The average molecular weight is 375 g/mol. The molecule has 3 N–H and O–H groups in total. The van der Waals surface area contributed by atoms with Gasteiger partial charge in [-0.25, -0.2) is 4.79 Å². The molecule has 1 aromatic carbocycles. The Hall–Kier alpha value is -1.31. The molecule has 6 heteroatoms. The summed E-state index contributed by atoms with van der Waals surface area (Å²) >= 11 is 2.19. The van der Waals surface area contributed by atoms with E-state index in [9.17, 15) is 9.59 Å². The minimum atomic E-state index is -0.560. The Labute approximate surface area is 126 Å². The van der Waals surface area contributed by atoms with Crippen LogP contribution in [0.15, 0.2) is 24.3 Å². The van der Waals surface area contributed by atoms with Crippen LogP contribution in [-0.4, -0.2) is 24.5 Å².